The van der Waals surface area contributed by atoms with E-state index in [1.165, 1.54) is 21.3 Å². The number of carbonyl (C=O) groups is 3. The Morgan fingerprint density at radius 2 is 0.900 bits per heavy atom. The molecule has 0 amide bonds. The van der Waals surface area contributed by atoms with Crippen molar-refractivity contribution in [3.05, 3.63) is 0 Å². The summed E-state index contributed by atoms with van der Waals surface area (Å²) in [6.07, 6.45) is 0. The minimum Gasteiger partial charge on any atom is -0.147 e. The van der Waals surface area contributed by atoms with Crippen molar-refractivity contribution in [2.75, 3.05) is 21.3 Å². The Balaban J connectivity index is 0. The molecule has 0 saturated heterocycles. The average Bonchev–Trinajstić information content (AvgIpc) is 2.43. The number of ether oxygens (including phenoxy) is 3. The zero-order valence-corrected chi connectivity index (χ0v) is 16.3. The van der Waals surface area contributed by atoms with Crippen LogP contribution in [-0.2, 0) is 28.6 Å². The Labute approximate surface area is 132 Å². The van der Waals surface area contributed by atoms with Gasteiger partial charge in [-0.15, -0.1) is 12.4 Å². The van der Waals surface area contributed by atoms with E-state index in [0.717, 1.165) is 0 Å². The van der Waals surface area contributed by atoms with E-state index in [0.29, 0.717) is 0 Å². The largest absolute Gasteiger partial charge is 0.147 e. The predicted octanol–water partition coefficient (Wildman–Crippen LogP) is 1.59. The summed E-state index contributed by atoms with van der Waals surface area (Å²) in [6.45, 7) is 5.12. The fraction of sp³-hybridized carbons (Fsp3) is 0.750. The number of esters is 3. The summed E-state index contributed by atoms with van der Waals surface area (Å²) in [5.41, 5.74) is 0. The molecule has 0 aromatic rings. The van der Waals surface area contributed by atoms with Crippen LogP contribution in [0.3, 0.4) is 0 Å². The zero-order chi connectivity index (χ0) is 15.2. The molecule has 6 nitrogen and oxygen atoms in total. The van der Waals surface area contributed by atoms with Gasteiger partial charge in [0.2, 0.25) is 0 Å². The number of carbonyl (C=O) groups excluding carboxylic acids is 3. The molecule has 0 aromatic heterocycles. The van der Waals surface area contributed by atoms with E-state index >= 15 is 0 Å². The van der Waals surface area contributed by atoms with Gasteiger partial charge in [-0.25, -0.2) is 0 Å². The molecule has 0 aliphatic carbocycles. The molecule has 0 aromatic carbocycles. The number of halogens is 1. The quantitative estimate of drug-likeness (QED) is 0.372. The summed E-state index contributed by atoms with van der Waals surface area (Å²) in [7, 11) is 3.89. The first-order valence-corrected chi connectivity index (χ1v) is 10.9. The molecule has 0 heterocycles. The number of methoxy groups -OCH3 is 3. The second kappa shape index (κ2) is 10.3. The summed E-state index contributed by atoms with van der Waals surface area (Å²) in [4.78, 5) is 35.1. The first kappa shape index (κ1) is 21.8. The molecule has 0 aliphatic rings. The van der Waals surface area contributed by atoms with Crippen LogP contribution < -0.4 is 0 Å². The molecule has 8 heteroatoms. The van der Waals surface area contributed by atoms with Gasteiger partial charge in [0, 0.05) is 0 Å². The van der Waals surface area contributed by atoms with E-state index in [9.17, 15) is 14.4 Å². The smallest absolute Gasteiger partial charge is 0.147 e. The average molecular weight is 416 g/mol. The Hall–Kier alpha value is -0.501. The summed E-state index contributed by atoms with van der Waals surface area (Å²) in [6, 6.07) is 0. The molecule has 0 fully saturated rings. The maximum Gasteiger partial charge on any atom is -0.147 e. The van der Waals surface area contributed by atoms with Crippen molar-refractivity contribution in [2.24, 2.45) is 0 Å². The Morgan fingerprint density at radius 3 is 1.05 bits per heavy atom. The van der Waals surface area contributed by atoms with Crippen LogP contribution in [0.25, 0.3) is 0 Å². The van der Waals surface area contributed by atoms with Crippen LogP contribution in [0, 0.1) is 0 Å². The molecule has 0 aliphatic heterocycles. The number of hydrogen-bond acceptors (Lipinski definition) is 6. The molecule has 0 spiro atoms. The van der Waals surface area contributed by atoms with Gasteiger partial charge in [0.25, 0.3) is 0 Å². The second-order valence-corrected chi connectivity index (χ2v) is 14.5. The van der Waals surface area contributed by atoms with Crippen molar-refractivity contribution < 1.29 is 28.6 Å². The van der Waals surface area contributed by atoms with Crippen molar-refractivity contribution in [2.45, 2.75) is 32.6 Å². The normalized spacial score (nSPS) is 14.6. The van der Waals surface area contributed by atoms with Crippen molar-refractivity contribution >= 4 is 50.1 Å². The molecule has 0 rings (SSSR count). The van der Waals surface area contributed by atoms with E-state index in [2.05, 4.69) is 0 Å². The van der Waals surface area contributed by atoms with Crippen molar-refractivity contribution in [1.29, 1.82) is 0 Å². The SMILES string of the molecule is COC(=O)[CH](C)[Sn]([CH](C)C(=O)OC)[CH](C)C(=O)OC.Cl. The van der Waals surface area contributed by atoms with Gasteiger partial charge < -0.3 is 0 Å². The maximum absolute atomic E-state index is 11.7. The van der Waals surface area contributed by atoms with Crippen LogP contribution in [0.5, 0.6) is 0 Å². The summed E-state index contributed by atoms with van der Waals surface area (Å²) >= 11 is -2.84. The molecular weight excluding hydrogens is 394 g/mol. The number of rotatable bonds is 6. The van der Waals surface area contributed by atoms with Gasteiger partial charge in [0.05, 0.1) is 0 Å². The van der Waals surface area contributed by atoms with E-state index < -0.39 is 31.6 Å². The fourth-order valence-electron chi connectivity index (χ4n) is 2.06. The maximum atomic E-state index is 11.7. The summed E-state index contributed by atoms with van der Waals surface area (Å²) in [5, 5.41) is 0. The van der Waals surface area contributed by atoms with Crippen LogP contribution in [-0.4, -0.2) is 59.0 Å². The molecule has 0 bridgehead atoms. The van der Waals surface area contributed by atoms with Crippen LogP contribution in [0.15, 0.2) is 0 Å². The van der Waals surface area contributed by atoms with Gasteiger partial charge in [-0.2, -0.15) is 0 Å². The molecule has 20 heavy (non-hydrogen) atoms. The van der Waals surface area contributed by atoms with Crippen LogP contribution in [0.2, 0.25) is 11.8 Å². The first-order valence-electron chi connectivity index (χ1n) is 5.91. The van der Waals surface area contributed by atoms with E-state index in [-0.39, 0.29) is 30.3 Å². The van der Waals surface area contributed by atoms with Crippen LogP contribution in [0.4, 0.5) is 0 Å². The van der Waals surface area contributed by atoms with Gasteiger partial charge in [-0.05, 0) is 0 Å². The Kier molecular flexibility index (Phi) is 11.2. The monoisotopic (exact) mass is 417 g/mol. The third-order valence-electron chi connectivity index (χ3n) is 3.16. The number of hydrogen-bond donors (Lipinski definition) is 0. The van der Waals surface area contributed by atoms with Crippen molar-refractivity contribution in [1.82, 2.24) is 0 Å². The third-order valence-corrected chi connectivity index (χ3v) is 13.7. The second-order valence-electron chi connectivity index (χ2n) is 4.23. The van der Waals surface area contributed by atoms with E-state index in [4.69, 9.17) is 14.2 Å². The molecule has 3 unspecified atom stereocenters. The molecule has 0 saturated carbocycles. The minimum absolute atomic E-state index is 0. The van der Waals surface area contributed by atoms with E-state index in [1.807, 2.05) is 0 Å². The van der Waals surface area contributed by atoms with E-state index in [1.54, 1.807) is 20.8 Å². The topological polar surface area (TPSA) is 78.9 Å². The van der Waals surface area contributed by atoms with Gasteiger partial charge in [0.15, 0.2) is 0 Å². The summed E-state index contributed by atoms with van der Waals surface area (Å²) < 4.78 is 12.9. The van der Waals surface area contributed by atoms with Crippen LogP contribution >= 0.6 is 12.4 Å². The fourth-order valence-corrected chi connectivity index (χ4v) is 11.8. The van der Waals surface area contributed by atoms with Crippen molar-refractivity contribution in [3.8, 4) is 0 Å². The Bertz CT molecular complexity index is 297. The minimum atomic E-state index is -2.84. The molecule has 1 radical (unpaired) electrons. The van der Waals surface area contributed by atoms with Gasteiger partial charge in [-0.3, -0.25) is 0 Å². The predicted molar refractivity (Wildman–Crippen MR) is 77.3 cm³/mol. The van der Waals surface area contributed by atoms with Gasteiger partial charge in [0.1, 0.15) is 0 Å². The molecule has 117 valence electrons. The Morgan fingerprint density at radius 1 is 0.700 bits per heavy atom. The summed E-state index contributed by atoms with van der Waals surface area (Å²) in [5.74, 6) is -1.16. The van der Waals surface area contributed by atoms with Crippen LogP contribution in [0.1, 0.15) is 20.8 Å². The first-order chi connectivity index (χ1) is 8.81. The van der Waals surface area contributed by atoms with Crippen molar-refractivity contribution in [3.63, 3.8) is 0 Å². The molecule has 0 N–H and O–H groups in total. The molecule has 3 atom stereocenters. The third kappa shape index (κ3) is 5.47. The van der Waals surface area contributed by atoms with Gasteiger partial charge in [-0.1, -0.05) is 0 Å². The standard InChI is InChI=1S/3C4H7O2.ClH.Sn/c3*1-3-4(5)6-2;;/h3*3H,1-2H3;1H;. The zero-order valence-electron chi connectivity index (χ0n) is 12.6. The van der Waals surface area contributed by atoms with Gasteiger partial charge >= 0.3 is 120 Å². The molecular formula is C12H22ClO6Sn.